The van der Waals surface area contributed by atoms with Gasteiger partial charge >= 0.3 is 5.97 Å². The molecule has 0 radical (unpaired) electrons. The number of carboxylic acids is 1. The molecule has 20 heavy (non-hydrogen) atoms. The van der Waals surface area contributed by atoms with Gasteiger partial charge in [-0.05, 0) is 30.4 Å². The minimum atomic E-state index is -0.975. The van der Waals surface area contributed by atoms with Crippen molar-refractivity contribution in [3.63, 3.8) is 0 Å². The molecule has 1 aromatic carbocycles. The molecule has 1 aliphatic carbocycles. The van der Waals surface area contributed by atoms with Crippen LogP contribution in [-0.2, 0) is 6.54 Å². The Bertz CT molecular complexity index is 532. The molecule has 0 bridgehead atoms. The fraction of sp³-hybridized carbons (Fsp3) is 0.533. The fourth-order valence-corrected chi connectivity index (χ4v) is 3.71. The highest BCUT2D eigenvalue weighted by atomic mass is 16.4. The van der Waals surface area contributed by atoms with Gasteiger partial charge in [0, 0.05) is 31.2 Å². The van der Waals surface area contributed by atoms with E-state index in [0.29, 0.717) is 24.1 Å². The maximum Gasteiger partial charge on any atom is 0.338 e. The van der Waals surface area contributed by atoms with Crippen LogP contribution in [0.3, 0.4) is 0 Å². The molecule has 3 unspecified atom stereocenters. The number of carboxylic acid groups (broad SMARTS) is 1. The number of aliphatic hydroxyl groups excluding tert-OH is 1. The number of carbonyl (C=O) groups is 1. The van der Waals surface area contributed by atoms with E-state index in [1.165, 1.54) is 0 Å². The average molecular weight is 276 g/mol. The van der Waals surface area contributed by atoms with Crippen molar-refractivity contribution < 1.29 is 15.0 Å². The second kappa shape index (κ2) is 5.07. The molecule has 0 amide bonds. The second-order valence-corrected chi connectivity index (χ2v) is 5.95. The molecule has 108 valence electrons. The zero-order valence-electron chi connectivity index (χ0n) is 11.3. The van der Waals surface area contributed by atoms with E-state index in [2.05, 4.69) is 4.90 Å². The first-order chi connectivity index (χ1) is 9.56. The lowest BCUT2D eigenvalue weighted by Gasteiger charge is -2.19. The highest BCUT2D eigenvalue weighted by Crippen LogP contribution is 2.38. The molecular formula is C15H20N2O3. The number of hydrogen-bond donors (Lipinski definition) is 3. The van der Waals surface area contributed by atoms with E-state index in [4.69, 9.17) is 5.73 Å². The number of fused-ring (bicyclic) bond motifs is 1. The van der Waals surface area contributed by atoms with Crippen LogP contribution in [0.1, 0.15) is 28.8 Å². The van der Waals surface area contributed by atoms with Gasteiger partial charge in [0.05, 0.1) is 11.7 Å². The van der Waals surface area contributed by atoms with Crippen LogP contribution in [0.4, 0.5) is 5.69 Å². The van der Waals surface area contributed by atoms with Gasteiger partial charge < -0.3 is 15.9 Å². The zero-order valence-corrected chi connectivity index (χ0v) is 11.3. The molecule has 1 aromatic rings. The topological polar surface area (TPSA) is 86.8 Å². The fourth-order valence-electron chi connectivity index (χ4n) is 3.71. The normalized spacial score (nSPS) is 29.6. The monoisotopic (exact) mass is 276 g/mol. The van der Waals surface area contributed by atoms with Crippen LogP contribution in [0.25, 0.3) is 0 Å². The van der Waals surface area contributed by atoms with Crippen molar-refractivity contribution >= 4 is 11.7 Å². The van der Waals surface area contributed by atoms with Crippen molar-refractivity contribution in [1.29, 1.82) is 0 Å². The second-order valence-electron chi connectivity index (χ2n) is 5.95. The molecule has 5 heteroatoms. The van der Waals surface area contributed by atoms with Gasteiger partial charge in [0.1, 0.15) is 0 Å². The summed E-state index contributed by atoms with van der Waals surface area (Å²) >= 11 is 0. The van der Waals surface area contributed by atoms with E-state index >= 15 is 0 Å². The van der Waals surface area contributed by atoms with E-state index in [1.54, 1.807) is 12.1 Å². The number of aromatic carboxylic acids is 1. The van der Waals surface area contributed by atoms with Crippen LogP contribution in [0.5, 0.6) is 0 Å². The third kappa shape index (κ3) is 2.27. The number of nitrogens with two attached hydrogens (primary N) is 1. The highest BCUT2D eigenvalue weighted by molar-refractivity contribution is 5.95. The van der Waals surface area contributed by atoms with Gasteiger partial charge in [-0.15, -0.1) is 0 Å². The molecule has 1 saturated heterocycles. The molecule has 3 atom stereocenters. The average Bonchev–Trinajstić information content (AvgIpc) is 2.91. The summed E-state index contributed by atoms with van der Waals surface area (Å²) in [5, 5.41) is 19.2. The van der Waals surface area contributed by atoms with Gasteiger partial charge in [-0.25, -0.2) is 4.79 Å². The molecule has 1 heterocycles. The van der Waals surface area contributed by atoms with Crippen molar-refractivity contribution in [2.24, 2.45) is 11.8 Å². The number of nitrogen functional groups attached to an aromatic ring is 1. The van der Waals surface area contributed by atoms with E-state index < -0.39 is 5.97 Å². The van der Waals surface area contributed by atoms with Crippen molar-refractivity contribution in [3.8, 4) is 0 Å². The lowest BCUT2D eigenvalue weighted by molar-refractivity contribution is 0.0695. The number of aliphatic hydroxyl groups is 1. The Morgan fingerprint density at radius 3 is 2.85 bits per heavy atom. The number of nitrogens with zero attached hydrogens (tertiary/aromatic N) is 1. The van der Waals surface area contributed by atoms with Gasteiger partial charge in [0.2, 0.25) is 0 Å². The number of likely N-dealkylation sites (tertiary alicyclic amines) is 1. The van der Waals surface area contributed by atoms with Crippen LogP contribution in [-0.4, -0.2) is 40.3 Å². The van der Waals surface area contributed by atoms with Gasteiger partial charge in [0.25, 0.3) is 0 Å². The molecule has 3 rings (SSSR count). The zero-order chi connectivity index (χ0) is 14.3. The third-order valence-electron chi connectivity index (χ3n) is 4.69. The van der Waals surface area contributed by atoms with E-state index in [-0.39, 0.29) is 11.7 Å². The van der Waals surface area contributed by atoms with Crippen molar-refractivity contribution in [2.75, 3.05) is 18.8 Å². The summed E-state index contributed by atoms with van der Waals surface area (Å²) in [7, 11) is 0. The maximum atomic E-state index is 11.3. The van der Waals surface area contributed by atoms with Gasteiger partial charge in [0.15, 0.2) is 0 Å². The smallest absolute Gasteiger partial charge is 0.338 e. The molecular weight excluding hydrogens is 256 g/mol. The van der Waals surface area contributed by atoms with Crippen LogP contribution >= 0.6 is 0 Å². The van der Waals surface area contributed by atoms with Crippen molar-refractivity contribution in [3.05, 3.63) is 29.3 Å². The predicted molar refractivity (Wildman–Crippen MR) is 75.3 cm³/mol. The number of benzene rings is 1. The quantitative estimate of drug-likeness (QED) is 0.721. The van der Waals surface area contributed by atoms with Gasteiger partial charge in [-0.3, -0.25) is 4.90 Å². The summed E-state index contributed by atoms with van der Waals surface area (Å²) in [6, 6.07) is 5.24. The Kier molecular flexibility index (Phi) is 3.40. The van der Waals surface area contributed by atoms with Crippen LogP contribution in [0, 0.1) is 11.8 Å². The largest absolute Gasteiger partial charge is 0.478 e. The maximum absolute atomic E-state index is 11.3. The lowest BCUT2D eigenvalue weighted by Crippen LogP contribution is -2.25. The Balaban J connectivity index is 1.76. The molecule has 2 aliphatic rings. The molecule has 0 aromatic heterocycles. The summed E-state index contributed by atoms with van der Waals surface area (Å²) in [6.07, 6.45) is 1.79. The van der Waals surface area contributed by atoms with E-state index in [0.717, 1.165) is 31.5 Å². The standard InChI is InChI=1S/C15H20N2O3/c16-12-3-1-2-10(14(12)15(19)20)7-17-6-9-4-5-13(18)11(9)8-17/h1-3,9,11,13,18H,4-8,16H2,(H,19,20). The number of anilines is 1. The molecule has 4 N–H and O–H groups in total. The van der Waals surface area contributed by atoms with Crippen LogP contribution in [0.2, 0.25) is 0 Å². The van der Waals surface area contributed by atoms with E-state index in [9.17, 15) is 15.0 Å². The van der Waals surface area contributed by atoms with Crippen LogP contribution < -0.4 is 5.73 Å². The minimum Gasteiger partial charge on any atom is -0.478 e. The summed E-state index contributed by atoms with van der Waals surface area (Å²) in [5.74, 6) is -0.0683. The third-order valence-corrected chi connectivity index (χ3v) is 4.69. The first kappa shape index (κ1) is 13.4. The first-order valence-electron chi connectivity index (χ1n) is 7.07. The van der Waals surface area contributed by atoms with Crippen LogP contribution in [0.15, 0.2) is 18.2 Å². The first-order valence-corrected chi connectivity index (χ1v) is 7.07. The van der Waals surface area contributed by atoms with Gasteiger partial charge in [-0.2, -0.15) is 0 Å². The Morgan fingerprint density at radius 1 is 1.35 bits per heavy atom. The lowest BCUT2D eigenvalue weighted by atomic mass is 10.00. The summed E-state index contributed by atoms with van der Waals surface area (Å²) < 4.78 is 0. The highest BCUT2D eigenvalue weighted by Gasteiger charge is 2.41. The Morgan fingerprint density at radius 2 is 2.15 bits per heavy atom. The number of hydrogen-bond acceptors (Lipinski definition) is 4. The minimum absolute atomic E-state index is 0.190. The van der Waals surface area contributed by atoms with Crippen molar-refractivity contribution in [1.82, 2.24) is 4.90 Å². The molecule has 0 spiro atoms. The molecule has 1 aliphatic heterocycles. The summed E-state index contributed by atoms with van der Waals surface area (Å²) in [5.41, 5.74) is 7.05. The SMILES string of the molecule is Nc1cccc(CN2CC3CCC(O)C3C2)c1C(=O)O. The number of rotatable bonds is 3. The van der Waals surface area contributed by atoms with E-state index in [1.807, 2.05) is 6.07 Å². The molecule has 1 saturated carbocycles. The summed E-state index contributed by atoms with van der Waals surface area (Å²) in [6.45, 7) is 2.38. The molecule has 5 nitrogen and oxygen atoms in total. The Labute approximate surface area is 118 Å². The van der Waals surface area contributed by atoms with Crippen molar-refractivity contribution in [2.45, 2.75) is 25.5 Å². The predicted octanol–water partition coefficient (Wildman–Crippen LogP) is 1.17. The summed E-state index contributed by atoms with van der Waals surface area (Å²) in [4.78, 5) is 13.6. The van der Waals surface area contributed by atoms with Gasteiger partial charge in [-0.1, -0.05) is 12.1 Å². The Hall–Kier alpha value is -1.59. The molecule has 2 fully saturated rings.